The summed E-state index contributed by atoms with van der Waals surface area (Å²) in [7, 11) is -4.42. The first kappa shape index (κ1) is 20.9. The monoisotopic (exact) mass is 443 g/mol. The molecule has 0 atom stereocenters. The zero-order valence-corrected chi connectivity index (χ0v) is 17.9. The van der Waals surface area contributed by atoms with Gasteiger partial charge < -0.3 is 4.90 Å². The Morgan fingerprint density at radius 2 is 1.75 bits per heavy atom. The Morgan fingerprint density at radius 1 is 1.07 bits per heavy atom. The van der Waals surface area contributed by atoms with Gasteiger partial charge in [0.2, 0.25) is 15.9 Å². The van der Waals surface area contributed by atoms with Gasteiger partial charge >= 0.3 is 0 Å². The van der Waals surface area contributed by atoms with E-state index in [2.05, 4.69) is 4.72 Å². The molecule has 1 aliphatic rings. The second-order valence-electron chi connectivity index (χ2n) is 6.48. The molecule has 1 amide bonds. The van der Waals surface area contributed by atoms with Crippen molar-refractivity contribution >= 4 is 43.0 Å². The lowest BCUT2D eigenvalue weighted by molar-refractivity contribution is -0.117. The summed E-state index contributed by atoms with van der Waals surface area (Å²) in [6.45, 7) is 0.627. The molecule has 8 nitrogen and oxygen atoms in total. The van der Waals surface area contributed by atoms with Gasteiger partial charge in [0.05, 0.1) is 4.90 Å². The average Bonchev–Trinajstić information content (AvgIpc) is 3.29. The van der Waals surface area contributed by atoms with Crippen molar-refractivity contribution in [3.63, 3.8) is 0 Å². The number of hydrogen-bond acceptors (Lipinski definition) is 6. The molecule has 1 aliphatic heterocycles. The molecule has 2 heterocycles. The summed E-state index contributed by atoms with van der Waals surface area (Å²) in [5.41, 5.74) is 0.679. The van der Waals surface area contributed by atoms with Crippen LogP contribution >= 0.6 is 11.3 Å². The van der Waals surface area contributed by atoms with Crippen molar-refractivity contribution < 1.29 is 21.6 Å². The highest BCUT2D eigenvalue weighted by Gasteiger charge is 2.23. The van der Waals surface area contributed by atoms with E-state index in [0.29, 0.717) is 23.5 Å². The maximum Gasteiger partial charge on any atom is 0.252 e. The van der Waals surface area contributed by atoms with Crippen LogP contribution in [-0.2, 0) is 31.4 Å². The summed E-state index contributed by atoms with van der Waals surface area (Å²) in [5, 5.41) is 0. The second kappa shape index (κ2) is 7.91. The predicted molar refractivity (Wildman–Crippen MR) is 107 cm³/mol. The van der Waals surface area contributed by atoms with Crippen molar-refractivity contribution in [3.8, 4) is 0 Å². The van der Waals surface area contributed by atoms with Crippen LogP contribution in [0.5, 0.6) is 0 Å². The smallest absolute Gasteiger partial charge is 0.252 e. The normalized spacial score (nSPS) is 15.5. The fraction of sp³-hybridized carbons (Fsp3) is 0.353. The quantitative estimate of drug-likeness (QED) is 0.700. The number of amides is 1. The largest absolute Gasteiger partial charge is 0.312 e. The van der Waals surface area contributed by atoms with Gasteiger partial charge in [-0.15, -0.1) is 11.3 Å². The van der Waals surface area contributed by atoms with E-state index in [-0.39, 0.29) is 21.6 Å². The molecule has 1 aromatic carbocycles. The molecule has 0 bridgehead atoms. The van der Waals surface area contributed by atoms with Crippen LogP contribution in [0.2, 0.25) is 0 Å². The Balaban J connectivity index is 1.69. The molecule has 0 aliphatic carbocycles. The van der Waals surface area contributed by atoms with Crippen molar-refractivity contribution in [2.45, 2.75) is 28.5 Å². The highest BCUT2D eigenvalue weighted by atomic mass is 32.2. The van der Waals surface area contributed by atoms with E-state index in [1.807, 2.05) is 0 Å². The van der Waals surface area contributed by atoms with Crippen molar-refractivity contribution in [1.29, 1.82) is 0 Å². The molecule has 0 radical (unpaired) electrons. The van der Waals surface area contributed by atoms with Crippen molar-refractivity contribution in [2.24, 2.45) is 0 Å². The van der Waals surface area contributed by atoms with Gasteiger partial charge in [-0.3, -0.25) is 4.79 Å². The lowest BCUT2D eigenvalue weighted by Gasteiger charge is -2.16. The molecule has 28 heavy (non-hydrogen) atoms. The third-order valence-electron chi connectivity index (χ3n) is 4.34. The molecule has 1 saturated heterocycles. The van der Waals surface area contributed by atoms with Gasteiger partial charge in [0, 0.05) is 44.2 Å². The third kappa shape index (κ3) is 4.28. The zero-order chi connectivity index (χ0) is 20.5. The summed E-state index contributed by atoms with van der Waals surface area (Å²) >= 11 is 1.02. The van der Waals surface area contributed by atoms with Gasteiger partial charge in [-0.25, -0.2) is 25.9 Å². The topological polar surface area (TPSA) is 104 Å². The summed E-state index contributed by atoms with van der Waals surface area (Å²) in [6, 6.07) is 9.20. The molecule has 3 rings (SSSR count). The summed E-state index contributed by atoms with van der Waals surface area (Å²) in [6.07, 6.45) is 1.31. The molecular formula is C17H21N3O5S3. The predicted octanol–water partition coefficient (Wildman–Crippen LogP) is 1.60. The third-order valence-corrected chi connectivity index (χ3v) is 9.13. The summed E-state index contributed by atoms with van der Waals surface area (Å²) < 4.78 is 53.0. The fourth-order valence-electron chi connectivity index (χ4n) is 2.75. The highest BCUT2D eigenvalue weighted by molar-refractivity contribution is 7.91. The van der Waals surface area contributed by atoms with Crippen LogP contribution in [0.3, 0.4) is 0 Å². The van der Waals surface area contributed by atoms with Crippen molar-refractivity contribution in [1.82, 2.24) is 9.03 Å². The number of benzene rings is 1. The molecule has 0 saturated carbocycles. The van der Waals surface area contributed by atoms with Crippen LogP contribution in [-0.4, -0.2) is 47.7 Å². The maximum absolute atomic E-state index is 12.5. The molecule has 1 aromatic heterocycles. The van der Waals surface area contributed by atoms with Gasteiger partial charge in [0.25, 0.3) is 10.0 Å². The Morgan fingerprint density at radius 3 is 2.32 bits per heavy atom. The van der Waals surface area contributed by atoms with Gasteiger partial charge in [0.15, 0.2) is 0 Å². The van der Waals surface area contributed by atoms with Crippen LogP contribution in [0.15, 0.2) is 45.5 Å². The SMILES string of the molecule is CN(C)S(=O)(=O)c1ccc(CNS(=O)(=O)c2ccc(N3CCCC3=O)cc2)s1. The molecule has 1 fully saturated rings. The Bertz CT molecular complexity index is 1070. The van der Waals surface area contributed by atoms with Crippen LogP contribution in [0.4, 0.5) is 5.69 Å². The van der Waals surface area contributed by atoms with E-state index in [0.717, 1.165) is 22.1 Å². The average molecular weight is 444 g/mol. The lowest BCUT2D eigenvalue weighted by Crippen LogP contribution is -2.25. The molecular weight excluding hydrogens is 422 g/mol. The molecule has 0 unspecified atom stereocenters. The Kier molecular flexibility index (Phi) is 5.92. The van der Waals surface area contributed by atoms with Gasteiger partial charge in [-0.05, 0) is 42.8 Å². The summed E-state index contributed by atoms with van der Waals surface area (Å²) in [4.78, 5) is 14.1. The van der Waals surface area contributed by atoms with Crippen LogP contribution in [0.1, 0.15) is 17.7 Å². The van der Waals surface area contributed by atoms with E-state index in [1.165, 1.54) is 32.3 Å². The number of sulfonamides is 2. The number of carbonyl (C=O) groups excluding carboxylic acids is 1. The standard InChI is InChI=1S/C17H21N3O5S3/c1-19(2)28(24,25)17-10-7-14(26-17)12-18-27(22,23)15-8-5-13(6-9-15)20-11-3-4-16(20)21/h5-10,18H,3-4,11-12H2,1-2H3. The first-order chi connectivity index (χ1) is 13.1. The van der Waals surface area contributed by atoms with E-state index in [4.69, 9.17) is 0 Å². The molecule has 0 spiro atoms. The number of thiophene rings is 1. The highest BCUT2D eigenvalue weighted by Crippen LogP contribution is 2.25. The zero-order valence-electron chi connectivity index (χ0n) is 15.5. The number of hydrogen-bond donors (Lipinski definition) is 1. The van der Waals surface area contributed by atoms with Crippen LogP contribution in [0.25, 0.3) is 0 Å². The fourth-order valence-corrected chi connectivity index (χ4v) is 6.31. The van der Waals surface area contributed by atoms with E-state index in [9.17, 15) is 21.6 Å². The minimum atomic E-state index is -3.76. The van der Waals surface area contributed by atoms with Crippen molar-refractivity contribution in [2.75, 3.05) is 25.5 Å². The van der Waals surface area contributed by atoms with E-state index < -0.39 is 20.0 Å². The van der Waals surface area contributed by atoms with E-state index in [1.54, 1.807) is 23.1 Å². The number of nitrogens with zero attached hydrogens (tertiary/aromatic N) is 2. The first-order valence-corrected chi connectivity index (χ1v) is 12.3. The molecule has 11 heteroatoms. The maximum atomic E-state index is 12.5. The van der Waals surface area contributed by atoms with Gasteiger partial charge in [-0.1, -0.05) is 0 Å². The molecule has 152 valence electrons. The van der Waals surface area contributed by atoms with Gasteiger partial charge in [-0.2, -0.15) is 0 Å². The number of rotatable bonds is 7. The minimum absolute atomic E-state index is 0.0116. The second-order valence-corrected chi connectivity index (χ2v) is 11.8. The van der Waals surface area contributed by atoms with Crippen LogP contribution < -0.4 is 9.62 Å². The minimum Gasteiger partial charge on any atom is -0.312 e. The number of nitrogens with one attached hydrogen (secondary N) is 1. The number of anilines is 1. The lowest BCUT2D eigenvalue weighted by atomic mass is 10.3. The molecule has 1 N–H and O–H groups in total. The van der Waals surface area contributed by atoms with Crippen molar-refractivity contribution in [3.05, 3.63) is 41.3 Å². The van der Waals surface area contributed by atoms with Gasteiger partial charge in [0.1, 0.15) is 4.21 Å². The van der Waals surface area contributed by atoms with Crippen LogP contribution in [0, 0.1) is 0 Å². The molecule has 2 aromatic rings. The summed E-state index contributed by atoms with van der Waals surface area (Å²) in [5.74, 6) is 0.0370. The first-order valence-electron chi connectivity index (χ1n) is 8.52. The number of carbonyl (C=O) groups is 1. The Hall–Kier alpha value is -1.79. The van der Waals surface area contributed by atoms with E-state index >= 15 is 0 Å². The Labute approximate surface area is 168 Å².